The lowest BCUT2D eigenvalue weighted by Crippen LogP contribution is -2.16. The first kappa shape index (κ1) is 21.8. The predicted octanol–water partition coefficient (Wildman–Crippen LogP) is 5.66. The minimum Gasteiger partial charge on any atom is -0.497 e. The number of aromatic nitrogens is 1. The summed E-state index contributed by atoms with van der Waals surface area (Å²) in [5.74, 6) is 3.34. The summed E-state index contributed by atoms with van der Waals surface area (Å²) in [7, 11) is 4.70. The second kappa shape index (κ2) is 9.78. The molecule has 1 aromatic heterocycles. The first-order chi connectivity index (χ1) is 16.1. The number of fused-ring (bicyclic) bond motifs is 1. The van der Waals surface area contributed by atoms with Crippen LogP contribution in [0.2, 0.25) is 0 Å². The molecule has 0 bridgehead atoms. The zero-order chi connectivity index (χ0) is 23.2. The van der Waals surface area contributed by atoms with Crippen molar-refractivity contribution < 1.29 is 28.5 Å². The Morgan fingerprint density at radius 1 is 0.758 bits per heavy atom. The molecule has 0 atom stereocenters. The van der Waals surface area contributed by atoms with Crippen LogP contribution in [0.5, 0.6) is 34.5 Å². The standard InChI is InChI=1S/C25H22N2O6/c1-29-18-5-4-6-19(13-18)33-25(28)27-16-7-9-17(10-8-16)32-22-11-12-26-21-15-24(31-3)23(30-2)14-20(21)22/h4-15H,1-3H3,(H,27,28). The fourth-order valence-electron chi connectivity index (χ4n) is 3.18. The predicted molar refractivity (Wildman–Crippen MR) is 124 cm³/mol. The van der Waals surface area contributed by atoms with E-state index in [9.17, 15) is 4.79 Å². The summed E-state index contributed by atoms with van der Waals surface area (Å²) in [6.07, 6.45) is 1.05. The second-order valence-corrected chi connectivity index (χ2v) is 6.85. The molecule has 0 aliphatic rings. The van der Waals surface area contributed by atoms with Gasteiger partial charge in [-0.1, -0.05) is 6.07 Å². The average molecular weight is 446 g/mol. The van der Waals surface area contributed by atoms with Crippen molar-refractivity contribution in [1.82, 2.24) is 4.98 Å². The van der Waals surface area contributed by atoms with Crippen LogP contribution in [0.3, 0.4) is 0 Å². The number of carbonyl (C=O) groups excluding carboxylic acids is 1. The summed E-state index contributed by atoms with van der Waals surface area (Å²) in [4.78, 5) is 16.6. The Balaban J connectivity index is 1.46. The monoisotopic (exact) mass is 446 g/mol. The molecule has 8 nitrogen and oxygen atoms in total. The molecule has 0 spiro atoms. The summed E-state index contributed by atoms with van der Waals surface area (Å²) in [5.41, 5.74) is 1.27. The van der Waals surface area contributed by atoms with E-state index in [0.29, 0.717) is 45.7 Å². The van der Waals surface area contributed by atoms with E-state index >= 15 is 0 Å². The van der Waals surface area contributed by atoms with E-state index in [1.54, 1.807) is 88.2 Å². The molecule has 8 heteroatoms. The number of benzene rings is 3. The average Bonchev–Trinajstić information content (AvgIpc) is 2.84. The van der Waals surface area contributed by atoms with Crippen molar-refractivity contribution in [2.75, 3.05) is 26.6 Å². The number of hydrogen-bond acceptors (Lipinski definition) is 7. The third-order valence-corrected chi connectivity index (χ3v) is 4.79. The summed E-state index contributed by atoms with van der Waals surface area (Å²) in [5, 5.41) is 3.46. The number of nitrogens with one attached hydrogen (secondary N) is 1. The van der Waals surface area contributed by atoms with E-state index in [4.69, 9.17) is 23.7 Å². The van der Waals surface area contributed by atoms with Crippen LogP contribution >= 0.6 is 0 Å². The lowest BCUT2D eigenvalue weighted by molar-refractivity contribution is 0.215. The molecule has 168 valence electrons. The molecule has 33 heavy (non-hydrogen) atoms. The highest BCUT2D eigenvalue weighted by Gasteiger charge is 2.12. The van der Waals surface area contributed by atoms with E-state index in [1.165, 1.54) is 0 Å². The van der Waals surface area contributed by atoms with Gasteiger partial charge in [0, 0.05) is 29.4 Å². The van der Waals surface area contributed by atoms with Crippen molar-refractivity contribution in [3.05, 3.63) is 72.9 Å². The molecule has 4 rings (SSSR count). The molecule has 4 aromatic rings. The maximum Gasteiger partial charge on any atom is 0.417 e. The Morgan fingerprint density at radius 3 is 2.21 bits per heavy atom. The smallest absolute Gasteiger partial charge is 0.417 e. The zero-order valence-corrected chi connectivity index (χ0v) is 18.3. The number of anilines is 1. The lowest BCUT2D eigenvalue weighted by Gasteiger charge is -2.13. The SMILES string of the molecule is COc1cccc(OC(=O)Nc2ccc(Oc3ccnc4cc(OC)c(OC)cc34)cc2)c1. The van der Waals surface area contributed by atoms with E-state index in [-0.39, 0.29) is 0 Å². The molecular formula is C25H22N2O6. The lowest BCUT2D eigenvalue weighted by atomic mass is 10.2. The highest BCUT2D eigenvalue weighted by atomic mass is 16.6. The number of ether oxygens (including phenoxy) is 5. The van der Waals surface area contributed by atoms with Crippen molar-refractivity contribution in [3.63, 3.8) is 0 Å². The van der Waals surface area contributed by atoms with Crippen LogP contribution in [-0.4, -0.2) is 32.4 Å². The molecule has 1 amide bonds. The number of amides is 1. The topological polar surface area (TPSA) is 88.1 Å². The molecule has 0 radical (unpaired) electrons. The molecule has 0 fully saturated rings. The Hall–Kier alpha value is -4.46. The quantitative estimate of drug-likeness (QED) is 0.392. The third-order valence-electron chi connectivity index (χ3n) is 4.79. The number of rotatable bonds is 7. The van der Waals surface area contributed by atoms with E-state index in [2.05, 4.69) is 10.3 Å². The molecule has 0 unspecified atom stereocenters. The molecule has 0 aliphatic heterocycles. The second-order valence-electron chi connectivity index (χ2n) is 6.85. The van der Waals surface area contributed by atoms with Gasteiger partial charge in [0.1, 0.15) is 23.0 Å². The molecule has 0 saturated heterocycles. The van der Waals surface area contributed by atoms with Crippen molar-refractivity contribution >= 4 is 22.7 Å². The van der Waals surface area contributed by atoms with Gasteiger partial charge in [0.15, 0.2) is 11.5 Å². The maximum atomic E-state index is 12.2. The van der Waals surface area contributed by atoms with Gasteiger partial charge < -0.3 is 23.7 Å². The van der Waals surface area contributed by atoms with Crippen molar-refractivity contribution in [3.8, 4) is 34.5 Å². The zero-order valence-electron chi connectivity index (χ0n) is 18.3. The van der Waals surface area contributed by atoms with Crippen LogP contribution in [0, 0.1) is 0 Å². The van der Waals surface area contributed by atoms with Gasteiger partial charge in [0.2, 0.25) is 0 Å². The van der Waals surface area contributed by atoms with Crippen LogP contribution in [0.4, 0.5) is 10.5 Å². The Morgan fingerprint density at radius 2 is 1.48 bits per heavy atom. The van der Waals surface area contributed by atoms with Gasteiger partial charge >= 0.3 is 6.09 Å². The van der Waals surface area contributed by atoms with Gasteiger partial charge in [-0.25, -0.2) is 4.79 Å². The molecule has 1 N–H and O–H groups in total. The van der Waals surface area contributed by atoms with Crippen LogP contribution in [0.25, 0.3) is 10.9 Å². The summed E-state index contributed by atoms with van der Waals surface area (Å²) in [6, 6.07) is 19.1. The molecule has 0 aliphatic carbocycles. The first-order valence-electron chi connectivity index (χ1n) is 10.0. The van der Waals surface area contributed by atoms with Gasteiger partial charge in [0.25, 0.3) is 0 Å². The van der Waals surface area contributed by atoms with Crippen LogP contribution < -0.4 is 29.0 Å². The maximum absolute atomic E-state index is 12.2. The first-order valence-corrected chi connectivity index (χ1v) is 10.0. The summed E-state index contributed by atoms with van der Waals surface area (Å²) in [6.45, 7) is 0. The number of methoxy groups -OCH3 is 3. The largest absolute Gasteiger partial charge is 0.497 e. The van der Waals surface area contributed by atoms with E-state index in [0.717, 1.165) is 5.39 Å². The van der Waals surface area contributed by atoms with E-state index in [1.807, 2.05) is 6.07 Å². The Labute approximate surface area is 190 Å². The summed E-state index contributed by atoms with van der Waals surface area (Å²) >= 11 is 0. The van der Waals surface area contributed by atoms with Crippen LogP contribution in [0.15, 0.2) is 72.9 Å². The molecule has 1 heterocycles. The number of pyridine rings is 1. The minimum absolute atomic E-state index is 0.378. The number of nitrogens with zero attached hydrogens (tertiary/aromatic N) is 1. The van der Waals surface area contributed by atoms with Gasteiger partial charge in [-0.15, -0.1) is 0 Å². The van der Waals surface area contributed by atoms with Crippen molar-refractivity contribution in [2.24, 2.45) is 0 Å². The third kappa shape index (κ3) is 5.07. The summed E-state index contributed by atoms with van der Waals surface area (Å²) < 4.78 is 27.2. The van der Waals surface area contributed by atoms with E-state index < -0.39 is 6.09 Å². The molecular weight excluding hydrogens is 424 g/mol. The molecule has 0 saturated carbocycles. The highest BCUT2D eigenvalue weighted by Crippen LogP contribution is 2.37. The number of hydrogen-bond donors (Lipinski definition) is 1. The van der Waals surface area contributed by atoms with Gasteiger partial charge in [-0.2, -0.15) is 0 Å². The fraction of sp³-hybridized carbons (Fsp3) is 0.120. The van der Waals surface area contributed by atoms with Gasteiger partial charge in [-0.05, 0) is 48.5 Å². The van der Waals surface area contributed by atoms with Crippen LogP contribution in [-0.2, 0) is 0 Å². The van der Waals surface area contributed by atoms with Crippen LogP contribution in [0.1, 0.15) is 0 Å². The molecule has 3 aromatic carbocycles. The highest BCUT2D eigenvalue weighted by molar-refractivity contribution is 5.88. The Bertz CT molecular complexity index is 1270. The van der Waals surface area contributed by atoms with Gasteiger partial charge in [0.05, 0.1) is 26.8 Å². The minimum atomic E-state index is -0.613. The number of carbonyl (C=O) groups is 1. The van der Waals surface area contributed by atoms with Crippen molar-refractivity contribution in [1.29, 1.82) is 0 Å². The van der Waals surface area contributed by atoms with Crippen molar-refractivity contribution in [2.45, 2.75) is 0 Å². The fourth-order valence-corrected chi connectivity index (χ4v) is 3.18. The normalized spacial score (nSPS) is 10.4. The van der Waals surface area contributed by atoms with Gasteiger partial charge in [-0.3, -0.25) is 10.3 Å². The Kier molecular flexibility index (Phi) is 6.45.